The van der Waals surface area contributed by atoms with Crippen LogP contribution in [0.1, 0.15) is 52.0 Å². The molecule has 1 N–H and O–H groups in total. The van der Waals surface area contributed by atoms with Gasteiger partial charge in [0.2, 0.25) is 0 Å². The molecule has 5 nitrogen and oxygen atoms in total. The van der Waals surface area contributed by atoms with Gasteiger partial charge in [0.1, 0.15) is 11.5 Å². The van der Waals surface area contributed by atoms with Gasteiger partial charge in [-0.15, -0.1) is 0 Å². The predicted molar refractivity (Wildman–Crippen MR) is 109 cm³/mol. The fourth-order valence-corrected chi connectivity index (χ4v) is 3.52. The van der Waals surface area contributed by atoms with Crippen LogP contribution in [0.15, 0.2) is 48.7 Å². The molecule has 0 aliphatic rings. The van der Waals surface area contributed by atoms with Crippen molar-refractivity contribution in [3.63, 3.8) is 0 Å². The average Bonchev–Trinajstić information content (AvgIpc) is 3.09. The number of halogens is 1. The molecule has 0 aliphatic heterocycles. The Hall–Kier alpha value is -2.92. The van der Waals surface area contributed by atoms with Crippen LogP contribution in [-0.2, 0) is 13.0 Å². The number of imidazole rings is 1. The molecule has 6 heteroatoms. The second-order valence-corrected chi connectivity index (χ2v) is 6.92. The minimum Gasteiger partial charge on any atom is -0.478 e. The third kappa shape index (κ3) is 3.99. The van der Waals surface area contributed by atoms with Crippen molar-refractivity contribution in [1.29, 1.82) is 0 Å². The molecule has 0 fully saturated rings. The number of aromatic carboxylic acids is 1. The van der Waals surface area contributed by atoms with E-state index in [1.54, 1.807) is 16.8 Å². The molecular weight excluding hydrogens is 376 g/mol. The zero-order chi connectivity index (χ0) is 20.1. The van der Waals surface area contributed by atoms with Crippen molar-refractivity contribution >= 4 is 23.9 Å². The third-order valence-corrected chi connectivity index (χ3v) is 5.12. The number of nitrogens with zero attached hydrogens (tertiary/aromatic N) is 2. The monoisotopic (exact) mass is 396 g/mol. The molecule has 0 aliphatic carbocycles. The second kappa shape index (κ2) is 8.85. The van der Waals surface area contributed by atoms with Gasteiger partial charge in [0.05, 0.1) is 23.3 Å². The van der Waals surface area contributed by atoms with Gasteiger partial charge in [-0.2, -0.15) is 0 Å². The van der Waals surface area contributed by atoms with E-state index in [0.717, 1.165) is 36.9 Å². The summed E-state index contributed by atoms with van der Waals surface area (Å²) in [6.45, 7) is 2.38. The van der Waals surface area contributed by atoms with Gasteiger partial charge in [0, 0.05) is 6.42 Å². The first-order valence-corrected chi connectivity index (χ1v) is 9.54. The highest BCUT2D eigenvalue weighted by atomic mass is 35.5. The topological polar surface area (TPSA) is 72.2 Å². The normalized spacial score (nSPS) is 10.8. The van der Waals surface area contributed by atoms with Gasteiger partial charge < -0.3 is 9.67 Å². The van der Waals surface area contributed by atoms with Gasteiger partial charge >= 0.3 is 5.97 Å². The van der Waals surface area contributed by atoms with Gasteiger partial charge in [0.25, 0.3) is 0 Å². The lowest BCUT2D eigenvalue weighted by Gasteiger charge is -2.15. The van der Waals surface area contributed by atoms with E-state index in [4.69, 9.17) is 11.6 Å². The fraction of sp³-hybridized carbons (Fsp3) is 0.227. The molecule has 0 spiro atoms. The first-order valence-electron chi connectivity index (χ1n) is 9.16. The Balaban J connectivity index is 2.05. The van der Waals surface area contributed by atoms with Gasteiger partial charge in [-0.05, 0) is 23.1 Å². The molecule has 3 aromatic rings. The fourth-order valence-electron chi connectivity index (χ4n) is 3.22. The van der Waals surface area contributed by atoms with Gasteiger partial charge in [-0.3, -0.25) is 4.79 Å². The maximum atomic E-state index is 11.9. The third-order valence-electron chi connectivity index (χ3n) is 4.69. The molecular formula is C22H21ClN2O3. The Bertz CT molecular complexity index is 997. The number of aryl methyl sites for hydroxylation is 1. The Labute approximate surface area is 168 Å². The number of hydrogen-bond acceptors (Lipinski definition) is 3. The van der Waals surface area contributed by atoms with E-state index in [2.05, 4.69) is 11.9 Å². The van der Waals surface area contributed by atoms with E-state index in [9.17, 15) is 14.7 Å². The number of aromatic nitrogens is 2. The minimum absolute atomic E-state index is 0.0632. The maximum Gasteiger partial charge on any atom is 0.337 e. The average molecular weight is 397 g/mol. The molecule has 0 amide bonds. The summed E-state index contributed by atoms with van der Waals surface area (Å²) in [5.74, 6) is -0.290. The molecule has 2 aromatic carbocycles. The summed E-state index contributed by atoms with van der Waals surface area (Å²) in [4.78, 5) is 27.7. The summed E-state index contributed by atoms with van der Waals surface area (Å²) < 4.78 is 1.80. The lowest BCUT2D eigenvalue weighted by Crippen LogP contribution is -2.11. The van der Waals surface area contributed by atoms with Crippen LogP contribution in [0.2, 0.25) is 5.02 Å². The molecule has 0 atom stereocenters. The number of unbranched alkanes of at least 4 members (excludes halogenated alkanes) is 1. The van der Waals surface area contributed by atoms with Crippen molar-refractivity contribution in [1.82, 2.24) is 9.55 Å². The summed E-state index contributed by atoms with van der Waals surface area (Å²) >= 11 is 6.53. The van der Waals surface area contributed by atoms with Crippen LogP contribution >= 0.6 is 11.6 Å². The first-order chi connectivity index (χ1) is 13.6. The number of hydrogen-bond donors (Lipinski definition) is 1. The van der Waals surface area contributed by atoms with Gasteiger partial charge in [-0.25, -0.2) is 9.78 Å². The van der Waals surface area contributed by atoms with E-state index >= 15 is 0 Å². The van der Waals surface area contributed by atoms with Crippen LogP contribution in [0.5, 0.6) is 0 Å². The summed E-state index contributed by atoms with van der Waals surface area (Å²) in [6.07, 6.45) is 5.01. The lowest BCUT2D eigenvalue weighted by molar-refractivity contribution is 0.0697. The maximum absolute atomic E-state index is 11.9. The van der Waals surface area contributed by atoms with E-state index in [-0.39, 0.29) is 10.6 Å². The SMILES string of the molecule is CCCCc1ncc(C=O)n1Cc1ccc(-c2ccccc2)c(C(=O)O)c1Cl. The summed E-state index contributed by atoms with van der Waals surface area (Å²) in [7, 11) is 0. The molecule has 0 saturated heterocycles. The first kappa shape index (κ1) is 19.8. The molecule has 0 unspecified atom stereocenters. The van der Waals surface area contributed by atoms with Crippen molar-refractivity contribution in [3.8, 4) is 11.1 Å². The number of carboxylic acids is 1. The molecule has 144 valence electrons. The van der Waals surface area contributed by atoms with Gasteiger partial charge in [-0.1, -0.05) is 67.4 Å². The molecule has 1 heterocycles. The Morgan fingerprint density at radius 1 is 1.21 bits per heavy atom. The van der Waals surface area contributed by atoms with Crippen LogP contribution in [0.4, 0.5) is 0 Å². The number of benzene rings is 2. The van der Waals surface area contributed by atoms with Crippen LogP contribution in [0.25, 0.3) is 11.1 Å². The van der Waals surface area contributed by atoms with E-state index in [0.29, 0.717) is 23.4 Å². The number of carboxylic acid groups (broad SMARTS) is 1. The smallest absolute Gasteiger partial charge is 0.337 e. The largest absolute Gasteiger partial charge is 0.478 e. The highest BCUT2D eigenvalue weighted by Crippen LogP contribution is 2.32. The van der Waals surface area contributed by atoms with Crippen molar-refractivity contribution in [3.05, 3.63) is 76.3 Å². The standard InChI is InChI=1S/C22H21ClN2O3/c1-2-3-9-19-24-12-17(14-26)25(19)13-16-10-11-18(15-7-5-4-6-8-15)20(21(16)23)22(27)28/h4-8,10-12,14H,2-3,9,13H2,1H3,(H,27,28). The quantitative estimate of drug-likeness (QED) is 0.537. The lowest BCUT2D eigenvalue weighted by atomic mass is 9.97. The molecule has 0 bridgehead atoms. The minimum atomic E-state index is -1.09. The molecule has 0 saturated carbocycles. The second-order valence-electron chi connectivity index (χ2n) is 6.54. The Morgan fingerprint density at radius 2 is 1.96 bits per heavy atom. The van der Waals surface area contributed by atoms with Crippen molar-refractivity contribution < 1.29 is 14.7 Å². The molecule has 0 radical (unpaired) electrons. The van der Waals surface area contributed by atoms with E-state index in [1.807, 2.05) is 36.4 Å². The summed E-state index contributed by atoms with van der Waals surface area (Å²) in [5.41, 5.74) is 2.50. The van der Waals surface area contributed by atoms with Crippen molar-refractivity contribution in [2.75, 3.05) is 0 Å². The van der Waals surface area contributed by atoms with Crippen LogP contribution in [-0.4, -0.2) is 26.9 Å². The van der Waals surface area contributed by atoms with Gasteiger partial charge in [0.15, 0.2) is 6.29 Å². The van der Waals surface area contributed by atoms with Crippen LogP contribution < -0.4 is 0 Å². The highest BCUT2D eigenvalue weighted by Gasteiger charge is 2.20. The predicted octanol–water partition coefficient (Wildman–Crippen LogP) is 5.11. The Morgan fingerprint density at radius 3 is 2.61 bits per heavy atom. The number of rotatable bonds is 8. The number of carbonyl (C=O) groups excluding carboxylic acids is 1. The van der Waals surface area contributed by atoms with Crippen molar-refractivity contribution in [2.24, 2.45) is 0 Å². The summed E-state index contributed by atoms with van der Waals surface area (Å²) in [6, 6.07) is 12.9. The van der Waals surface area contributed by atoms with E-state index < -0.39 is 5.97 Å². The molecule has 3 rings (SSSR count). The van der Waals surface area contributed by atoms with Crippen molar-refractivity contribution in [2.45, 2.75) is 32.7 Å². The molecule has 1 aromatic heterocycles. The summed E-state index contributed by atoms with van der Waals surface area (Å²) in [5, 5.41) is 9.95. The number of aldehydes is 1. The van der Waals surface area contributed by atoms with E-state index in [1.165, 1.54) is 0 Å². The Kier molecular flexibility index (Phi) is 6.26. The zero-order valence-electron chi connectivity index (χ0n) is 15.6. The zero-order valence-corrected chi connectivity index (χ0v) is 16.3. The number of carbonyl (C=O) groups is 2. The highest BCUT2D eigenvalue weighted by molar-refractivity contribution is 6.35. The molecule has 28 heavy (non-hydrogen) atoms. The van der Waals surface area contributed by atoms with Crippen LogP contribution in [0, 0.1) is 0 Å². The van der Waals surface area contributed by atoms with Crippen LogP contribution in [0.3, 0.4) is 0 Å².